The van der Waals surface area contributed by atoms with Crippen LogP contribution in [0, 0.1) is 18.3 Å². The van der Waals surface area contributed by atoms with Crippen LogP contribution in [0.2, 0.25) is 0 Å². The first-order valence-electron chi connectivity index (χ1n) is 8.81. The highest BCUT2D eigenvalue weighted by atomic mass is 16.5. The molecule has 0 aromatic carbocycles. The van der Waals surface area contributed by atoms with Crippen molar-refractivity contribution >= 4 is 5.91 Å². The third kappa shape index (κ3) is 3.74. The summed E-state index contributed by atoms with van der Waals surface area (Å²) in [5.74, 6) is 0.730. The topological polar surface area (TPSA) is 42.4 Å². The number of nitrogens with zero attached hydrogens (tertiary/aromatic N) is 2. The van der Waals surface area contributed by atoms with Crippen LogP contribution in [0.25, 0.3) is 0 Å². The number of likely N-dealkylation sites (tertiary alicyclic amines) is 1. The molecule has 2 fully saturated rings. The second-order valence-electron chi connectivity index (χ2n) is 7.74. The Morgan fingerprint density at radius 1 is 1.35 bits per heavy atom. The summed E-state index contributed by atoms with van der Waals surface area (Å²) in [7, 11) is 0. The van der Waals surface area contributed by atoms with E-state index in [-0.39, 0.29) is 5.91 Å². The largest absolute Gasteiger partial charge is 0.378 e. The number of amides is 1. The molecule has 126 valence electrons. The molecule has 1 aromatic rings. The van der Waals surface area contributed by atoms with Gasteiger partial charge >= 0.3 is 0 Å². The van der Waals surface area contributed by atoms with Gasteiger partial charge in [0.2, 0.25) is 0 Å². The first-order chi connectivity index (χ1) is 11.0. The molecule has 0 bridgehead atoms. The van der Waals surface area contributed by atoms with E-state index in [9.17, 15) is 4.79 Å². The zero-order valence-corrected chi connectivity index (χ0v) is 14.5. The van der Waals surface area contributed by atoms with Crippen molar-refractivity contribution in [2.24, 2.45) is 11.3 Å². The van der Waals surface area contributed by atoms with Crippen molar-refractivity contribution in [2.45, 2.75) is 52.6 Å². The summed E-state index contributed by atoms with van der Waals surface area (Å²) in [6, 6.07) is 3.79. The number of aryl methyl sites for hydroxylation is 1. The second-order valence-corrected chi connectivity index (χ2v) is 7.74. The summed E-state index contributed by atoms with van der Waals surface area (Å²) in [4.78, 5) is 18.7. The Morgan fingerprint density at radius 2 is 2.04 bits per heavy atom. The highest BCUT2D eigenvalue weighted by Gasteiger charge is 2.46. The van der Waals surface area contributed by atoms with E-state index in [2.05, 4.69) is 18.8 Å². The van der Waals surface area contributed by atoms with Crippen LogP contribution in [0.5, 0.6) is 0 Å². The third-order valence-corrected chi connectivity index (χ3v) is 5.26. The molecule has 2 heterocycles. The van der Waals surface area contributed by atoms with E-state index in [1.54, 1.807) is 6.20 Å². The van der Waals surface area contributed by atoms with E-state index < -0.39 is 0 Å². The van der Waals surface area contributed by atoms with Crippen LogP contribution in [-0.2, 0) is 4.74 Å². The summed E-state index contributed by atoms with van der Waals surface area (Å²) in [6.07, 6.45) is 6.71. The molecule has 0 N–H and O–H groups in total. The lowest BCUT2D eigenvalue weighted by Gasteiger charge is -2.52. The van der Waals surface area contributed by atoms with Crippen molar-refractivity contribution in [3.8, 4) is 0 Å². The van der Waals surface area contributed by atoms with Crippen LogP contribution in [0.4, 0.5) is 0 Å². The molecule has 1 aliphatic carbocycles. The molecule has 0 radical (unpaired) electrons. The Bertz CT molecular complexity index is 537. The highest BCUT2D eigenvalue weighted by molar-refractivity contribution is 5.94. The summed E-state index contributed by atoms with van der Waals surface area (Å²) < 4.78 is 5.93. The van der Waals surface area contributed by atoms with Gasteiger partial charge in [0.25, 0.3) is 5.91 Å². The lowest BCUT2D eigenvalue weighted by molar-refractivity contribution is -0.107. The fourth-order valence-corrected chi connectivity index (χ4v) is 3.72. The summed E-state index contributed by atoms with van der Waals surface area (Å²) in [6.45, 7) is 8.92. The van der Waals surface area contributed by atoms with Crippen LogP contribution < -0.4 is 0 Å². The Hall–Kier alpha value is -1.42. The Balaban J connectivity index is 1.48. The normalized spacial score (nSPS) is 20.8. The highest BCUT2D eigenvalue weighted by Crippen LogP contribution is 2.50. The minimum atomic E-state index is 0.124. The van der Waals surface area contributed by atoms with E-state index in [0.717, 1.165) is 38.2 Å². The lowest BCUT2D eigenvalue weighted by atomic mass is 9.61. The van der Waals surface area contributed by atoms with Crippen molar-refractivity contribution in [1.82, 2.24) is 9.88 Å². The van der Waals surface area contributed by atoms with Gasteiger partial charge in [0.05, 0.1) is 11.7 Å². The van der Waals surface area contributed by atoms with Crippen LogP contribution in [0.1, 0.15) is 55.6 Å². The monoisotopic (exact) mass is 316 g/mol. The smallest absolute Gasteiger partial charge is 0.255 e. The Labute approximate surface area is 139 Å². The number of carbonyl (C=O) groups excluding carboxylic acids is 1. The maximum absolute atomic E-state index is 12.5. The van der Waals surface area contributed by atoms with E-state index in [1.165, 1.54) is 12.8 Å². The second kappa shape index (κ2) is 6.60. The van der Waals surface area contributed by atoms with Gasteiger partial charge in [0.1, 0.15) is 0 Å². The molecule has 0 atom stereocenters. The molecule has 1 aliphatic heterocycles. The Kier molecular flexibility index (Phi) is 4.72. The van der Waals surface area contributed by atoms with Crippen molar-refractivity contribution in [3.63, 3.8) is 0 Å². The number of hydrogen-bond donors (Lipinski definition) is 0. The van der Waals surface area contributed by atoms with E-state index in [0.29, 0.717) is 23.0 Å². The first-order valence-corrected chi connectivity index (χ1v) is 8.81. The van der Waals surface area contributed by atoms with Gasteiger partial charge < -0.3 is 9.64 Å². The molecule has 4 heteroatoms. The average Bonchev–Trinajstić information content (AvgIpc) is 2.51. The molecular weight excluding hydrogens is 288 g/mol. The van der Waals surface area contributed by atoms with Gasteiger partial charge in [0.15, 0.2) is 0 Å². The summed E-state index contributed by atoms with van der Waals surface area (Å²) in [5, 5.41) is 0. The lowest BCUT2D eigenvalue weighted by Crippen LogP contribution is -2.51. The van der Waals surface area contributed by atoms with Crippen molar-refractivity contribution in [1.29, 1.82) is 0 Å². The molecular formula is C19H28N2O2. The number of rotatable bonds is 4. The molecule has 1 saturated carbocycles. The molecule has 2 aliphatic rings. The van der Waals surface area contributed by atoms with Gasteiger partial charge in [-0.05, 0) is 56.1 Å². The fraction of sp³-hybridized carbons (Fsp3) is 0.684. The number of carbonyl (C=O) groups is 1. The molecule has 3 rings (SSSR count). The first kappa shape index (κ1) is 16.4. The van der Waals surface area contributed by atoms with E-state index in [1.807, 2.05) is 24.0 Å². The minimum absolute atomic E-state index is 0.124. The predicted octanol–water partition coefficient (Wildman–Crippen LogP) is 3.45. The van der Waals surface area contributed by atoms with Gasteiger partial charge in [-0.25, -0.2) is 0 Å². The predicted molar refractivity (Wildman–Crippen MR) is 90.4 cm³/mol. The van der Waals surface area contributed by atoms with Crippen LogP contribution in [0.15, 0.2) is 18.3 Å². The van der Waals surface area contributed by atoms with Gasteiger partial charge in [0, 0.05) is 31.6 Å². The number of pyridine rings is 1. The molecule has 0 unspecified atom stereocenters. The summed E-state index contributed by atoms with van der Waals surface area (Å²) in [5.41, 5.74) is 2.09. The maximum atomic E-state index is 12.5. The SMILES string of the molecule is Cc1ccc(C(=O)N2CCC3(CC2)CC(OCC(C)C)C3)cn1. The number of piperidine rings is 1. The molecule has 4 nitrogen and oxygen atoms in total. The van der Waals surface area contributed by atoms with E-state index >= 15 is 0 Å². The zero-order chi connectivity index (χ0) is 16.4. The van der Waals surface area contributed by atoms with Gasteiger partial charge in [-0.3, -0.25) is 9.78 Å². The fourth-order valence-electron chi connectivity index (χ4n) is 3.72. The Morgan fingerprint density at radius 3 is 2.61 bits per heavy atom. The zero-order valence-electron chi connectivity index (χ0n) is 14.5. The number of ether oxygens (including phenoxy) is 1. The number of hydrogen-bond acceptors (Lipinski definition) is 3. The van der Waals surface area contributed by atoms with Crippen molar-refractivity contribution < 1.29 is 9.53 Å². The standard InChI is InChI=1S/C19H28N2O2/c1-14(2)13-23-17-10-19(11-17)6-8-21(9-7-19)18(22)16-5-4-15(3)20-12-16/h4-5,12,14,17H,6-11,13H2,1-3H3. The van der Waals surface area contributed by atoms with Gasteiger partial charge in [-0.1, -0.05) is 13.8 Å². The molecule has 23 heavy (non-hydrogen) atoms. The third-order valence-electron chi connectivity index (χ3n) is 5.26. The van der Waals surface area contributed by atoms with Crippen molar-refractivity contribution in [2.75, 3.05) is 19.7 Å². The molecule has 1 saturated heterocycles. The van der Waals surface area contributed by atoms with Crippen LogP contribution >= 0.6 is 0 Å². The van der Waals surface area contributed by atoms with E-state index in [4.69, 9.17) is 4.74 Å². The molecule has 1 aromatic heterocycles. The van der Waals surface area contributed by atoms with Gasteiger partial charge in [-0.2, -0.15) is 0 Å². The summed E-state index contributed by atoms with van der Waals surface area (Å²) >= 11 is 0. The maximum Gasteiger partial charge on any atom is 0.255 e. The minimum Gasteiger partial charge on any atom is -0.378 e. The van der Waals surface area contributed by atoms with Crippen LogP contribution in [-0.4, -0.2) is 41.6 Å². The quantitative estimate of drug-likeness (QED) is 0.854. The molecule has 1 amide bonds. The number of aromatic nitrogens is 1. The molecule has 1 spiro atoms. The van der Waals surface area contributed by atoms with Crippen molar-refractivity contribution in [3.05, 3.63) is 29.6 Å². The van der Waals surface area contributed by atoms with Crippen LogP contribution in [0.3, 0.4) is 0 Å². The average molecular weight is 316 g/mol. The van der Waals surface area contributed by atoms with Gasteiger partial charge in [-0.15, -0.1) is 0 Å².